The Balaban J connectivity index is 2.12. The lowest BCUT2D eigenvalue weighted by Gasteiger charge is -2.39. The van der Waals surface area contributed by atoms with Gasteiger partial charge in [0, 0.05) is 25.0 Å². The van der Waals surface area contributed by atoms with E-state index in [0.717, 1.165) is 6.54 Å². The van der Waals surface area contributed by atoms with E-state index < -0.39 is 0 Å². The van der Waals surface area contributed by atoms with Crippen LogP contribution in [0, 0.1) is 6.92 Å². The second-order valence-corrected chi connectivity index (χ2v) is 5.79. The molecule has 2 heteroatoms. The minimum Gasteiger partial charge on any atom is -0.329 e. The average molecular weight is 266 g/mol. The Morgan fingerprint density at radius 3 is 2.55 bits per heavy atom. The summed E-state index contributed by atoms with van der Waals surface area (Å²) in [6.45, 7) is 3.87. The van der Waals surface area contributed by atoms with Crippen LogP contribution in [0.4, 0.5) is 0 Å². The number of aryl methyl sites for hydroxylation is 1. The van der Waals surface area contributed by atoms with Crippen molar-refractivity contribution in [2.75, 3.05) is 20.1 Å². The molecule has 20 heavy (non-hydrogen) atoms. The number of nitrogens with two attached hydrogens (primary N) is 1. The Morgan fingerprint density at radius 1 is 1.10 bits per heavy atom. The van der Waals surface area contributed by atoms with E-state index in [1.807, 2.05) is 0 Å². The fourth-order valence-corrected chi connectivity index (χ4v) is 3.33. The minimum atomic E-state index is 0.338. The highest BCUT2D eigenvalue weighted by molar-refractivity contribution is 5.44. The molecule has 2 unspecified atom stereocenters. The Kier molecular flexibility index (Phi) is 3.60. The highest BCUT2D eigenvalue weighted by atomic mass is 15.1. The molecule has 0 spiro atoms. The van der Waals surface area contributed by atoms with Gasteiger partial charge in [-0.2, -0.15) is 0 Å². The number of nitrogens with zero attached hydrogens (tertiary/aromatic N) is 1. The summed E-state index contributed by atoms with van der Waals surface area (Å²) in [5.41, 5.74) is 11.5. The lowest BCUT2D eigenvalue weighted by atomic mass is 9.81. The monoisotopic (exact) mass is 266 g/mol. The van der Waals surface area contributed by atoms with E-state index in [2.05, 4.69) is 67.4 Å². The first-order valence-corrected chi connectivity index (χ1v) is 7.26. The predicted molar refractivity (Wildman–Crippen MR) is 83.9 cm³/mol. The fraction of sp³-hybridized carbons (Fsp3) is 0.333. The van der Waals surface area contributed by atoms with Crippen molar-refractivity contribution >= 4 is 0 Å². The lowest BCUT2D eigenvalue weighted by Crippen LogP contribution is -2.39. The second kappa shape index (κ2) is 5.39. The molecule has 2 N–H and O–H groups in total. The summed E-state index contributed by atoms with van der Waals surface area (Å²) >= 11 is 0. The summed E-state index contributed by atoms with van der Waals surface area (Å²) < 4.78 is 0. The maximum atomic E-state index is 5.99. The van der Waals surface area contributed by atoms with E-state index in [1.165, 1.54) is 22.3 Å². The van der Waals surface area contributed by atoms with Crippen molar-refractivity contribution < 1.29 is 0 Å². The molecule has 0 aliphatic carbocycles. The van der Waals surface area contributed by atoms with Gasteiger partial charge in [0.2, 0.25) is 0 Å². The zero-order chi connectivity index (χ0) is 14.1. The number of fused-ring (bicyclic) bond motifs is 1. The van der Waals surface area contributed by atoms with Gasteiger partial charge in [-0.15, -0.1) is 0 Å². The predicted octanol–water partition coefficient (Wildman–Crippen LogP) is 3.07. The van der Waals surface area contributed by atoms with Crippen molar-refractivity contribution in [1.29, 1.82) is 0 Å². The number of hydrogen-bond donors (Lipinski definition) is 1. The highest BCUT2D eigenvalue weighted by Crippen LogP contribution is 2.38. The van der Waals surface area contributed by atoms with Crippen LogP contribution < -0.4 is 5.73 Å². The third-order valence-electron chi connectivity index (χ3n) is 4.40. The van der Waals surface area contributed by atoms with Crippen molar-refractivity contribution in [3.8, 4) is 0 Å². The van der Waals surface area contributed by atoms with Crippen molar-refractivity contribution in [1.82, 2.24) is 4.90 Å². The molecule has 0 fully saturated rings. The Labute approximate surface area is 121 Å². The number of benzene rings is 2. The molecule has 1 heterocycles. The van der Waals surface area contributed by atoms with Crippen LogP contribution in [0.5, 0.6) is 0 Å². The van der Waals surface area contributed by atoms with Gasteiger partial charge in [0.1, 0.15) is 0 Å². The first-order chi connectivity index (χ1) is 9.70. The van der Waals surface area contributed by atoms with E-state index in [9.17, 15) is 0 Å². The smallest absolute Gasteiger partial charge is 0.0470 e. The zero-order valence-electron chi connectivity index (χ0n) is 12.2. The number of likely N-dealkylation sites (N-methyl/N-ethyl adjacent to an activating group) is 1. The van der Waals surface area contributed by atoms with Crippen molar-refractivity contribution in [3.63, 3.8) is 0 Å². The van der Waals surface area contributed by atoms with Gasteiger partial charge in [0.15, 0.2) is 0 Å². The van der Waals surface area contributed by atoms with Crippen molar-refractivity contribution in [2.24, 2.45) is 5.73 Å². The van der Waals surface area contributed by atoms with Crippen molar-refractivity contribution in [3.05, 3.63) is 70.8 Å². The maximum Gasteiger partial charge on any atom is 0.0470 e. The van der Waals surface area contributed by atoms with Gasteiger partial charge in [-0.1, -0.05) is 54.1 Å². The van der Waals surface area contributed by atoms with E-state index in [0.29, 0.717) is 18.5 Å². The van der Waals surface area contributed by atoms with Gasteiger partial charge in [-0.3, -0.25) is 4.90 Å². The summed E-state index contributed by atoms with van der Waals surface area (Å²) in [5.74, 6) is 0.443. The zero-order valence-corrected chi connectivity index (χ0v) is 12.2. The molecule has 2 nitrogen and oxygen atoms in total. The Morgan fingerprint density at radius 2 is 1.85 bits per heavy atom. The lowest BCUT2D eigenvalue weighted by molar-refractivity contribution is 0.223. The van der Waals surface area contributed by atoms with Gasteiger partial charge >= 0.3 is 0 Å². The third-order valence-corrected chi connectivity index (χ3v) is 4.40. The highest BCUT2D eigenvalue weighted by Gasteiger charge is 2.30. The second-order valence-electron chi connectivity index (χ2n) is 5.79. The largest absolute Gasteiger partial charge is 0.329 e. The molecule has 0 aromatic heterocycles. The SMILES string of the molecule is Cc1ccc2c(c1)C(c1ccccc1)CN(C)C2CN. The summed E-state index contributed by atoms with van der Waals surface area (Å²) in [5, 5.41) is 0. The molecule has 2 aromatic rings. The molecule has 0 saturated carbocycles. The van der Waals surface area contributed by atoms with Gasteiger partial charge in [0.05, 0.1) is 0 Å². The molecule has 2 atom stereocenters. The van der Waals surface area contributed by atoms with Crippen LogP contribution >= 0.6 is 0 Å². The van der Waals surface area contributed by atoms with Crippen LogP contribution in [0.15, 0.2) is 48.5 Å². The van der Waals surface area contributed by atoms with Crippen LogP contribution in [0.3, 0.4) is 0 Å². The van der Waals surface area contributed by atoms with Gasteiger partial charge in [-0.25, -0.2) is 0 Å². The van der Waals surface area contributed by atoms with Gasteiger partial charge in [0.25, 0.3) is 0 Å². The number of rotatable bonds is 2. The summed E-state index contributed by atoms with van der Waals surface area (Å²) in [6.07, 6.45) is 0. The van der Waals surface area contributed by atoms with Crippen LogP contribution in [0.1, 0.15) is 34.2 Å². The van der Waals surface area contributed by atoms with Crippen LogP contribution in [0.25, 0.3) is 0 Å². The van der Waals surface area contributed by atoms with Crippen molar-refractivity contribution in [2.45, 2.75) is 18.9 Å². The van der Waals surface area contributed by atoms with E-state index >= 15 is 0 Å². The quantitative estimate of drug-likeness (QED) is 0.905. The van der Waals surface area contributed by atoms with Crippen LogP contribution in [-0.4, -0.2) is 25.0 Å². The Bertz CT molecular complexity index is 592. The molecular weight excluding hydrogens is 244 g/mol. The molecule has 0 bridgehead atoms. The molecule has 0 amide bonds. The third kappa shape index (κ3) is 2.26. The average Bonchev–Trinajstić information content (AvgIpc) is 2.48. The molecule has 2 aromatic carbocycles. The molecule has 0 saturated heterocycles. The van der Waals surface area contributed by atoms with Crippen LogP contribution in [-0.2, 0) is 0 Å². The summed E-state index contributed by atoms with van der Waals surface area (Å²) in [4.78, 5) is 2.38. The topological polar surface area (TPSA) is 29.3 Å². The summed E-state index contributed by atoms with van der Waals surface area (Å²) in [6, 6.07) is 17.9. The minimum absolute atomic E-state index is 0.338. The van der Waals surface area contributed by atoms with Gasteiger partial charge < -0.3 is 5.73 Å². The first kappa shape index (κ1) is 13.3. The molecular formula is C18H22N2. The van der Waals surface area contributed by atoms with E-state index in [1.54, 1.807) is 0 Å². The molecule has 3 rings (SSSR count). The Hall–Kier alpha value is -1.64. The van der Waals surface area contributed by atoms with E-state index in [-0.39, 0.29) is 0 Å². The first-order valence-electron chi connectivity index (χ1n) is 7.26. The normalized spacial score (nSPS) is 22.6. The van der Waals surface area contributed by atoms with E-state index in [4.69, 9.17) is 5.73 Å². The van der Waals surface area contributed by atoms with Crippen LogP contribution in [0.2, 0.25) is 0 Å². The fourth-order valence-electron chi connectivity index (χ4n) is 3.33. The number of hydrogen-bond acceptors (Lipinski definition) is 2. The standard InChI is InChI=1S/C18H22N2/c1-13-8-9-15-16(10-13)17(12-20(2)18(15)11-19)14-6-4-3-5-7-14/h3-10,17-18H,11-12,19H2,1-2H3. The molecule has 104 valence electrons. The molecule has 1 aliphatic rings. The maximum absolute atomic E-state index is 5.99. The molecule has 0 radical (unpaired) electrons. The molecule has 1 aliphatic heterocycles. The summed E-state index contributed by atoms with van der Waals surface area (Å²) in [7, 11) is 2.18. The van der Waals surface area contributed by atoms with Gasteiger partial charge in [-0.05, 0) is 30.7 Å².